The van der Waals surface area contributed by atoms with Crippen LogP contribution in [-0.2, 0) is 56.0 Å². The van der Waals surface area contributed by atoms with Crippen molar-refractivity contribution < 1.29 is 45.5 Å². The van der Waals surface area contributed by atoms with Gasteiger partial charge in [0.25, 0.3) is 11.8 Å². The van der Waals surface area contributed by atoms with Gasteiger partial charge in [-0.1, -0.05) is 108 Å². The second-order valence-corrected chi connectivity index (χ2v) is 20.6. The average molecular weight is 945 g/mol. The van der Waals surface area contributed by atoms with Gasteiger partial charge in [0.15, 0.2) is 20.7 Å². The Kier molecular flexibility index (Phi) is 14.2. The Labute approximate surface area is 379 Å². The number of ether oxygens (including phenoxy) is 2. The zero-order chi connectivity index (χ0) is 45.5. The van der Waals surface area contributed by atoms with E-state index in [1.54, 1.807) is 29.6 Å². The summed E-state index contributed by atoms with van der Waals surface area (Å²) in [6, 6.07) is 35.3. The number of carbonyl (C=O) groups excluding carboxylic acids is 3. The Balaban J connectivity index is 1.13. The number of thiazole rings is 1. The molecular formula is C44H44N6O10S4. The number of benzene rings is 4. The minimum absolute atomic E-state index is 0.0152. The van der Waals surface area contributed by atoms with Crippen molar-refractivity contribution in [2.24, 2.45) is 5.16 Å². The highest BCUT2D eigenvalue weighted by molar-refractivity contribution is 8.00. The van der Waals surface area contributed by atoms with Crippen molar-refractivity contribution in [2.45, 2.75) is 23.6 Å². The molecule has 0 saturated carbocycles. The summed E-state index contributed by atoms with van der Waals surface area (Å²) in [5.74, 6) is -3.04. The zero-order valence-corrected chi connectivity index (χ0v) is 38.1. The van der Waals surface area contributed by atoms with Crippen molar-refractivity contribution in [3.8, 4) is 5.75 Å². The van der Waals surface area contributed by atoms with Crippen LogP contribution in [0.2, 0.25) is 0 Å². The van der Waals surface area contributed by atoms with Crippen LogP contribution in [0.3, 0.4) is 0 Å². The molecule has 4 aromatic carbocycles. The molecule has 0 spiro atoms. The number of aromatic nitrogens is 1. The van der Waals surface area contributed by atoms with Crippen molar-refractivity contribution in [3.05, 3.63) is 160 Å². The minimum atomic E-state index is -3.99. The van der Waals surface area contributed by atoms with Crippen molar-refractivity contribution in [3.63, 3.8) is 0 Å². The number of thioether (sulfide) groups is 1. The highest BCUT2D eigenvalue weighted by Gasteiger charge is 2.55. The summed E-state index contributed by atoms with van der Waals surface area (Å²) in [4.78, 5) is 52.9. The topological polar surface area (TPSA) is 212 Å². The molecule has 7 rings (SSSR count). The number of hydrogen-bond acceptors (Lipinski definition) is 15. The second kappa shape index (κ2) is 19.8. The molecule has 16 nitrogen and oxygen atoms in total. The SMILES string of the molecule is CO/N=C(\C(=O)NC1C(=O)N2C(C(=O)OCc3ccc(OC)cc3)=C(CS(=O)(=O)CCNS(C)(=O)=O)CS[C@H]12)c1csc(NC(c2ccccc2)(c2ccccc2)c2ccccc2)n1. The molecule has 2 aliphatic rings. The molecule has 1 fully saturated rings. The van der Waals surface area contributed by atoms with Gasteiger partial charge in [-0.05, 0) is 40.0 Å². The molecule has 1 unspecified atom stereocenters. The van der Waals surface area contributed by atoms with Crippen LogP contribution >= 0.6 is 23.1 Å². The van der Waals surface area contributed by atoms with Crippen LogP contribution in [0.15, 0.2) is 137 Å². The first-order chi connectivity index (χ1) is 30.7. The third kappa shape index (κ3) is 10.3. The monoisotopic (exact) mass is 944 g/mol. The first-order valence-corrected chi connectivity index (χ1v) is 25.3. The fourth-order valence-corrected chi connectivity index (χ4v) is 11.5. The lowest BCUT2D eigenvalue weighted by Crippen LogP contribution is -2.71. The molecule has 1 aromatic heterocycles. The number of fused-ring (bicyclic) bond motifs is 1. The predicted molar refractivity (Wildman–Crippen MR) is 245 cm³/mol. The summed E-state index contributed by atoms with van der Waals surface area (Å²) in [6.45, 7) is -0.580. The van der Waals surface area contributed by atoms with Crippen LogP contribution in [0, 0.1) is 0 Å². The molecule has 0 radical (unpaired) electrons. The van der Waals surface area contributed by atoms with E-state index in [2.05, 4.69) is 20.5 Å². The van der Waals surface area contributed by atoms with E-state index in [0.29, 0.717) is 16.4 Å². The summed E-state index contributed by atoms with van der Waals surface area (Å²) >= 11 is 2.39. The number of sulfonamides is 1. The van der Waals surface area contributed by atoms with E-state index in [9.17, 15) is 31.2 Å². The summed E-state index contributed by atoms with van der Waals surface area (Å²) < 4.78 is 62.6. The van der Waals surface area contributed by atoms with Crippen molar-refractivity contribution in [1.29, 1.82) is 0 Å². The van der Waals surface area contributed by atoms with E-state index in [0.717, 1.165) is 39.6 Å². The number of carbonyl (C=O) groups is 3. The molecule has 1 saturated heterocycles. The average Bonchev–Trinajstić information content (AvgIpc) is 3.76. The molecule has 3 N–H and O–H groups in total. The van der Waals surface area contributed by atoms with Crippen molar-refractivity contribution in [2.75, 3.05) is 49.6 Å². The molecule has 334 valence electrons. The zero-order valence-electron chi connectivity index (χ0n) is 34.8. The lowest BCUT2D eigenvalue weighted by atomic mass is 9.77. The molecule has 20 heteroatoms. The van der Waals surface area contributed by atoms with Crippen molar-refractivity contribution in [1.82, 2.24) is 19.9 Å². The van der Waals surface area contributed by atoms with Gasteiger partial charge in [0.2, 0.25) is 10.0 Å². The largest absolute Gasteiger partial charge is 0.497 e. The van der Waals surface area contributed by atoms with Gasteiger partial charge in [0, 0.05) is 17.7 Å². The Bertz CT molecular complexity index is 2670. The number of methoxy groups -OCH3 is 1. The molecule has 0 aliphatic carbocycles. The van der Waals surface area contributed by atoms with Crippen LogP contribution in [-0.4, -0.2) is 106 Å². The quantitative estimate of drug-likeness (QED) is 0.0348. The van der Waals surface area contributed by atoms with Crippen molar-refractivity contribution >= 4 is 71.6 Å². The highest BCUT2D eigenvalue weighted by atomic mass is 32.2. The molecule has 0 bridgehead atoms. The summed E-state index contributed by atoms with van der Waals surface area (Å²) in [6.07, 6.45) is 0.909. The standard InChI is InChI=1S/C44H44N6O10S4/c1-58-34-21-19-29(20-22-34)25-60-42(53)38-30(28-64(56,57)24-23-45-63(3,54)55)26-61-41-37(40(52)50(38)41)47-39(51)36(49-59-2)35-27-62-43(46-35)48-44(31-13-7-4-8-14-31,32-15-9-5-10-16-32)33-17-11-6-12-18-33/h4-22,27,37,41,45H,23-26,28H2,1-3H3,(H,46,48)(H,47,51)/b49-36-/t37?,41-/m1/s1. The highest BCUT2D eigenvalue weighted by Crippen LogP contribution is 2.42. The maximum Gasteiger partial charge on any atom is 0.355 e. The Morgan fingerprint density at radius 2 is 1.47 bits per heavy atom. The number of anilines is 1. The third-order valence-corrected chi connectivity index (χ3v) is 14.7. The number of sulfone groups is 1. The van der Waals surface area contributed by atoms with E-state index < -0.39 is 66.1 Å². The maximum atomic E-state index is 14.1. The second-order valence-electron chi connectivity index (χ2n) is 14.6. The molecule has 2 aliphatic heterocycles. The Hall–Kier alpha value is -6.06. The Morgan fingerprint density at radius 3 is 2.02 bits per heavy atom. The fourth-order valence-electron chi connectivity index (χ4n) is 7.33. The molecule has 64 heavy (non-hydrogen) atoms. The Morgan fingerprint density at radius 1 is 0.875 bits per heavy atom. The predicted octanol–water partition coefficient (Wildman–Crippen LogP) is 4.27. The first-order valence-electron chi connectivity index (χ1n) is 19.7. The number of β-lactam (4-membered cyclic amide) rings is 1. The minimum Gasteiger partial charge on any atom is -0.497 e. The fraction of sp³-hybridized carbons (Fsp3) is 0.250. The van der Waals surface area contributed by atoms with Gasteiger partial charge in [-0.25, -0.2) is 31.3 Å². The van der Waals surface area contributed by atoms with Gasteiger partial charge >= 0.3 is 5.97 Å². The number of rotatable bonds is 19. The van der Waals surface area contributed by atoms with E-state index >= 15 is 0 Å². The lowest BCUT2D eigenvalue weighted by molar-refractivity contribution is -0.153. The summed E-state index contributed by atoms with van der Waals surface area (Å²) in [5.41, 5.74) is 2.30. The number of nitrogens with zero attached hydrogens (tertiary/aromatic N) is 3. The maximum absolute atomic E-state index is 14.1. The number of amides is 2. The molecule has 2 amide bonds. The van der Waals surface area contributed by atoms with Crippen LogP contribution in [0.1, 0.15) is 27.9 Å². The molecule has 5 aromatic rings. The molecular weight excluding hydrogens is 901 g/mol. The van der Waals surface area contributed by atoms with Crippen LogP contribution in [0.5, 0.6) is 5.75 Å². The van der Waals surface area contributed by atoms with Gasteiger partial charge in [-0.15, -0.1) is 23.1 Å². The van der Waals surface area contributed by atoms with E-state index in [4.69, 9.17) is 19.3 Å². The van der Waals surface area contributed by atoms with Crippen LogP contribution in [0.25, 0.3) is 0 Å². The molecule has 3 heterocycles. The van der Waals surface area contributed by atoms with Gasteiger partial charge in [0.05, 0.1) is 24.9 Å². The van der Waals surface area contributed by atoms with E-state index in [1.807, 2.05) is 91.0 Å². The first kappa shape index (κ1) is 45.9. The lowest BCUT2D eigenvalue weighted by Gasteiger charge is -2.49. The number of oxime groups is 1. The summed E-state index contributed by atoms with van der Waals surface area (Å²) in [5, 5.41) is 11.7. The van der Waals surface area contributed by atoms with Gasteiger partial charge in [-0.2, -0.15) is 0 Å². The number of esters is 1. The van der Waals surface area contributed by atoms with Crippen LogP contribution < -0.4 is 20.1 Å². The summed E-state index contributed by atoms with van der Waals surface area (Å²) in [7, 11) is -4.86. The van der Waals surface area contributed by atoms with Gasteiger partial charge < -0.3 is 24.9 Å². The number of nitrogens with one attached hydrogen (secondary N) is 3. The van der Waals surface area contributed by atoms with E-state index in [-0.39, 0.29) is 41.6 Å². The smallest absolute Gasteiger partial charge is 0.355 e. The van der Waals surface area contributed by atoms with Gasteiger partial charge in [-0.3, -0.25) is 14.5 Å². The van der Waals surface area contributed by atoms with Gasteiger partial charge in [0.1, 0.15) is 47.8 Å². The number of hydrogen-bond donors (Lipinski definition) is 3. The van der Waals surface area contributed by atoms with Crippen LogP contribution in [0.4, 0.5) is 5.13 Å². The van der Waals surface area contributed by atoms with E-state index in [1.165, 1.54) is 25.6 Å². The third-order valence-electron chi connectivity index (χ3n) is 10.3. The normalized spacial score (nSPS) is 16.6. The molecule has 2 atom stereocenters.